The Kier molecular flexibility index (Phi) is 8.66. The molecule has 0 aliphatic carbocycles. The summed E-state index contributed by atoms with van der Waals surface area (Å²) < 4.78 is 5.70. The molecule has 0 unspecified atom stereocenters. The van der Waals surface area contributed by atoms with E-state index in [2.05, 4.69) is 24.4 Å². The van der Waals surface area contributed by atoms with Gasteiger partial charge < -0.3 is 10.1 Å². The number of carbonyl (C=O) groups is 1. The van der Waals surface area contributed by atoms with E-state index in [-0.39, 0.29) is 5.91 Å². The molecule has 0 saturated heterocycles. The molecule has 0 spiro atoms. The maximum Gasteiger partial charge on any atom is 0.251 e. The van der Waals surface area contributed by atoms with E-state index in [4.69, 9.17) is 16.3 Å². The minimum atomic E-state index is -0.0891. The third-order valence-electron chi connectivity index (χ3n) is 4.55. The van der Waals surface area contributed by atoms with Gasteiger partial charge in [-0.2, -0.15) is 0 Å². The van der Waals surface area contributed by atoms with Gasteiger partial charge >= 0.3 is 0 Å². The second kappa shape index (κ2) is 11.7. The van der Waals surface area contributed by atoms with E-state index in [0.717, 1.165) is 29.4 Å². The van der Waals surface area contributed by atoms with Crippen molar-refractivity contribution in [3.8, 4) is 5.75 Å². The van der Waals surface area contributed by atoms with Gasteiger partial charge in [-0.1, -0.05) is 49.2 Å². The maximum absolute atomic E-state index is 12.3. The fourth-order valence-electron chi connectivity index (χ4n) is 2.93. The molecular weight excluding hydrogens is 414 g/mol. The predicted octanol–water partition coefficient (Wildman–Crippen LogP) is 6.39. The van der Waals surface area contributed by atoms with E-state index in [1.165, 1.54) is 16.0 Å². The monoisotopic (exact) mass is 439 g/mol. The quantitative estimate of drug-likeness (QED) is 0.293. The lowest BCUT2D eigenvalue weighted by Crippen LogP contribution is -2.28. The van der Waals surface area contributed by atoms with Crippen LogP contribution in [0.4, 0.5) is 0 Å². The first-order valence-corrected chi connectivity index (χ1v) is 11.5. The Bertz CT molecular complexity index is 925. The van der Waals surface area contributed by atoms with Gasteiger partial charge in [-0.25, -0.2) is 0 Å². The zero-order valence-corrected chi connectivity index (χ0v) is 18.6. The fourth-order valence-corrected chi connectivity index (χ4v) is 3.91. The molecule has 1 amide bonds. The van der Waals surface area contributed by atoms with Gasteiger partial charge in [0.05, 0.1) is 6.54 Å². The minimum absolute atomic E-state index is 0.0891. The second-order valence-electron chi connectivity index (χ2n) is 6.94. The molecule has 156 valence electrons. The fraction of sp³-hybridized carbons (Fsp3) is 0.240. The van der Waals surface area contributed by atoms with Crippen LogP contribution in [0.1, 0.15) is 34.8 Å². The van der Waals surface area contributed by atoms with Crippen LogP contribution in [0.3, 0.4) is 0 Å². The number of rotatable bonds is 10. The van der Waals surface area contributed by atoms with Gasteiger partial charge in [0.15, 0.2) is 0 Å². The molecule has 3 aromatic rings. The number of halogens is 1. The number of amides is 1. The van der Waals surface area contributed by atoms with Crippen LogP contribution in [0.25, 0.3) is 0 Å². The number of thioether (sulfide) groups is 1. The van der Waals surface area contributed by atoms with Gasteiger partial charge in [0.1, 0.15) is 12.4 Å². The lowest BCUT2D eigenvalue weighted by Gasteiger charge is -2.09. The van der Waals surface area contributed by atoms with E-state index in [0.29, 0.717) is 18.7 Å². The number of ether oxygens (including phenoxy) is 1. The molecule has 30 heavy (non-hydrogen) atoms. The number of carbonyl (C=O) groups excluding carboxylic acids is 1. The molecule has 0 saturated carbocycles. The smallest absolute Gasteiger partial charge is 0.251 e. The number of hydrogen-bond acceptors (Lipinski definition) is 3. The molecule has 0 radical (unpaired) electrons. The van der Waals surface area contributed by atoms with Gasteiger partial charge in [0.2, 0.25) is 0 Å². The van der Waals surface area contributed by atoms with Crippen molar-refractivity contribution >= 4 is 29.3 Å². The highest BCUT2D eigenvalue weighted by atomic mass is 35.5. The van der Waals surface area contributed by atoms with Crippen molar-refractivity contribution in [1.82, 2.24) is 5.32 Å². The molecule has 0 heterocycles. The highest BCUT2D eigenvalue weighted by Gasteiger charge is 2.05. The summed E-state index contributed by atoms with van der Waals surface area (Å²) >= 11 is 7.65. The zero-order chi connectivity index (χ0) is 21.2. The van der Waals surface area contributed by atoms with Crippen LogP contribution in [0.2, 0.25) is 5.02 Å². The molecule has 3 nitrogen and oxygen atoms in total. The first kappa shape index (κ1) is 22.3. The molecule has 1 N–H and O–H groups in total. The van der Waals surface area contributed by atoms with Crippen molar-refractivity contribution < 1.29 is 9.53 Å². The summed E-state index contributed by atoms with van der Waals surface area (Å²) in [4.78, 5) is 13.5. The lowest BCUT2D eigenvalue weighted by molar-refractivity contribution is 0.0947. The van der Waals surface area contributed by atoms with Crippen molar-refractivity contribution in [3.63, 3.8) is 0 Å². The van der Waals surface area contributed by atoms with Crippen LogP contribution in [0.5, 0.6) is 5.75 Å². The van der Waals surface area contributed by atoms with E-state index in [9.17, 15) is 4.79 Å². The summed E-state index contributed by atoms with van der Waals surface area (Å²) in [6.07, 6.45) is 2.21. The summed E-state index contributed by atoms with van der Waals surface area (Å²) in [5.41, 5.74) is 3.13. The Labute approximate surface area is 187 Å². The molecule has 0 bridgehead atoms. The Hall–Kier alpha value is -2.43. The summed E-state index contributed by atoms with van der Waals surface area (Å²) in [5, 5.41) is 3.64. The van der Waals surface area contributed by atoms with Crippen LogP contribution >= 0.6 is 23.4 Å². The normalized spacial score (nSPS) is 10.6. The van der Waals surface area contributed by atoms with Crippen LogP contribution in [0.15, 0.2) is 77.7 Å². The number of hydrogen-bond donors (Lipinski definition) is 1. The Morgan fingerprint density at radius 3 is 2.27 bits per heavy atom. The van der Waals surface area contributed by atoms with Gasteiger partial charge in [0, 0.05) is 21.2 Å². The van der Waals surface area contributed by atoms with Crippen LogP contribution in [0, 0.1) is 0 Å². The predicted molar refractivity (Wildman–Crippen MR) is 126 cm³/mol. The molecule has 0 aromatic heterocycles. The van der Waals surface area contributed by atoms with E-state index in [1.54, 1.807) is 11.8 Å². The third-order valence-corrected chi connectivity index (χ3v) is 5.89. The summed E-state index contributed by atoms with van der Waals surface area (Å²) in [5.74, 6) is 1.58. The summed E-state index contributed by atoms with van der Waals surface area (Å²) in [6, 6.07) is 23.6. The number of benzene rings is 3. The minimum Gasteiger partial charge on any atom is -0.492 e. The van der Waals surface area contributed by atoms with Crippen LogP contribution in [-0.4, -0.2) is 19.1 Å². The molecule has 3 rings (SSSR count). The number of nitrogens with one attached hydrogen (secondary N) is 1. The molecular formula is C25H26ClNO2S. The average molecular weight is 440 g/mol. The van der Waals surface area contributed by atoms with Gasteiger partial charge in [-0.15, -0.1) is 11.8 Å². The molecule has 3 aromatic carbocycles. The Morgan fingerprint density at radius 2 is 1.60 bits per heavy atom. The zero-order valence-electron chi connectivity index (χ0n) is 17.1. The van der Waals surface area contributed by atoms with Crippen molar-refractivity contribution in [2.24, 2.45) is 0 Å². The largest absolute Gasteiger partial charge is 0.492 e. The Morgan fingerprint density at radius 1 is 0.933 bits per heavy atom. The summed E-state index contributed by atoms with van der Waals surface area (Å²) in [6.45, 7) is 3.07. The van der Waals surface area contributed by atoms with Crippen molar-refractivity contribution in [2.75, 3.05) is 13.2 Å². The molecule has 0 fully saturated rings. The van der Waals surface area contributed by atoms with Crippen molar-refractivity contribution in [2.45, 2.75) is 30.4 Å². The van der Waals surface area contributed by atoms with Gasteiger partial charge in [-0.05, 0) is 66.1 Å². The molecule has 5 heteroatoms. The summed E-state index contributed by atoms with van der Waals surface area (Å²) in [7, 11) is 0. The molecule has 0 aliphatic heterocycles. The maximum atomic E-state index is 12.3. The van der Waals surface area contributed by atoms with Crippen LogP contribution < -0.4 is 10.1 Å². The van der Waals surface area contributed by atoms with E-state index >= 15 is 0 Å². The lowest BCUT2D eigenvalue weighted by atomic mass is 10.1. The van der Waals surface area contributed by atoms with Gasteiger partial charge in [-0.3, -0.25) is 4.79 Å². The van der Waals surface area contributed by atoms with E-state index < -0.39 is 0 Å². The molecule has 0 atom stereocenters. The molecule has 0 aliphatic rings. The first-order valence-electron chi connectivity index (χ1n) is 10.1. The topological polar surface area (TPSA) is 38.3 Å². The second-order valence-corrected chi connectivity index (χ2v) is 8.42. The van der Waals surface area contributed by atoms with E-state index in [1.807, 2.05) is 60.7 Å². The average Bonchev–Trinajstić information content (AvgIpc) is 2.78. The third kappa shape index (κ3) is 7.12. The highest BCUT2D eigenvalue weighted by molar-refractivity contribution is 7.98. The van der Waals surface area contributed by atoms with Gasteiger partial charge in [0.25, 0.3) is 5.91 Å². The first-order chi connectivity index (χ1) is 14.6. The van der Waals surface area contributed by atoms with Crippen molar-refractivity contribution in [1.29, 1.82) is 0 Å². The number of aryl methyl sites for hydroxylation is 1. The van der Waals surface area contributed by atoms with Crippen molar-refractivity contribution in [3.05, 3.63) is 94.5 Å². The standard InChI is InChI=1S/C25H26ClNO2S/c1-2-3-19-6-12-23(13-7-19)29-17-16-27-25(28)21-8-4-20(5-9-21)18-30-24-14-10-22(26)11-15-24/h4-15H,2-3,16-18H2,1H3,(H,27,28). The SMILES string of the molecule is CCCc1ccc(OCCNC(=O)c2ccc(CSc3ccc(Cl)cc3)cc2)cc1. The highest BCUT2D eigenvalue weighted by Crippen LogP contribution is 2.24. The van der Waals surface area contributed by atoms with Crippen LogP contribution in [-0.2, 0) is 12.2 Å². The Balaban J connectivity index is 1.39.